The summed E-state index contributed by atoms with van der Waals surface area (Å²) < 4.78 is 4.81. The molecule has 0 bridgehead atoms. The van der Waals surface area contributed by atoms with E-state index in [1.165, 1.54) is 11.0 Å². The van der Waals surface area contributed by atoms with Gasteiger partial charge in [0.15, 0.2) is 12.4 Å². The Hall–Kier alpha value is -2.70. The maximum atomic E-state index is 12.2. The van der Waals surface area contributed by atoms with Crippen LogP contribution in [0.3, 0.4) is 0 Å². The normalized spacial score (nSPS) is 10.3. The van der Waals surface area contributed by atoms with Crippen molar-refractivity contribution >= 4 is 17.7 Å². The molecule has 2 aromatic rings. The topological polar surface area (TPSA) is 86.1 Å². The van der Waals surface area contributed by atoms with Gasteiger partial charge in [0.1, 0.15) is 0 Å². The number of aryl methyl sites for hydroxylation is 2. The van der Waals surface area contributed by atoms with E-state index in [1.54, 1.807) is 6.92 Å². The van der Waals surface area contributed by atoms with Gasteiger partial charge in [-0.2, -0.15) is 9.90 Å². The summed E-state index contributed by atoms with van der Waals surface area (Å²) in [6.07, 6.45) is 1.39. The summed E-state index contributed by atoms with van der Waals surface area (Å²) in [6, 6.07) is 5.65. The lowest BCUT2D eigenvalue weighted by Crippen LogP contribution is -2.17. The third kappa shape index (κ3) is 3.91. The highest BCUT2D eigenvalue weighted by Crippen LogP contribution is 2.12. The molecule has 7 heteroatoms. The zero-order chi connectivity index (χ0) is 16.1. The first-order chi connectivity index (χ1) is 10.5. The number of hydrogen-bond donors (Lipinski definition) is 1. The molecule has 1 N–H and O–H groups in total. The molecule has 0 saturated heterocycles. The number of anilines is 1. The van der Waals surface area contributed by atoms with Crippen LogP contribution in [-0.4, -0.2) is 33.5 Å². The summed E-state index contributed by atoms with van der Waals surface area (Å²) in [5, 5.41) is 10.6. The largest absolute Gasteiger partial charge is 0.465 e. The van der Waals surface area contributed by atoms with Crippen LogP contribution in [0.15, 0.2) is 24.4 Å². The molecule has 116 valence electrons. The molecule has 22 heavy (non-hydrogen) atoms. The van der Waals surface area contributed by atoms with Crippen molar-refractivity contribution < 1.29 is 14.3 Å². The van der Waals surface area contributed by atoms with Crippen molar-refractivity contribution in [1.82, 2.24) is 15.0 Å². The van der Waals surface area contributed by atoms with Gasteiger partial charge in [-0.25, -0.2) is 4.79 Å². The Morgan fingerprint density at radius 1 is 1.32 bits per heavy atom. The number of hydrogen-bond acceptors (Lipinski definition) is 5. The number of rotatable bonds is 5. The molecule has 0 aliphatic carbocycles. The standard InChI is InChI=1S/C15H18N4O3/c1-4-22-14(20)9-19-16-8-13(18-19)17-15(21)12-7-10(2)5-6-11(12)3/h5-8H,4,9H2,1-3H3,(H,17,18,21). The smallest absolute Gasteiger partial charge is 0.329 e. The molecular formula is C15H18N4O3. The second-order valence-corrected chi connectivity index (χ2v) is 4.84. The number of carbonyl (C=O) groups is 2. The van der Waals surface area contributed by atoms with Gasteiger partial charge in [0.25, 0.3) is 5.91 Å². The second kappa shape index (κ2) is 6.84. The molecule has 0 radical (unpaired) electrons. The average molecular weight is 302 g/mol. The van der Waals surface area contributed by atoms with E-state index in [1.807, 2.05) is 32.0 Å². The number of esters is 1. The molecule has 0 spiro atoms. The summed E-state index contributed by atoms with van der Waals surface area (Å²) in [6.45, 7) is 5.73. The number of amides is 1. The van der Waals surface area contributed by atoms with Crippen molar-refractivity contribution in [3.63, 3.8) is 0 Å². The minimum absolute atomic E-state index is 0.0901. The van der Waals surface area contributed by atoms with Crippen molar-refractivity contribution in [1.29, 1.82) is 0 Å². The second-order valence-electron chi connectivity index (χ2n) is 4.84. The number of carbonyl (C=O) groups excluding carboxylic acids is 2. The number of nitrogens with one attached hydrogen (secondary N) is 1. The molecular weight excluding hydrogens is 284 g/mol. The molecule has 0 aliphatic heterocycles. The predicted octanol–water partition coefficient (Wildman–Crippen LogP) is 1.71. The van der Waals surface area contributed by atoms with Crippen molar-refractivity contribution in [3.05, 3.63) is 41.1 Å². The van der Waals surface area contributed by atoms with Gasteiger partial charge in [0.2, 0.25) is 0 Å². The van der Waals surface area contributed by atoms with E-state index in [0.717, 1.165) is 11.1 Å². The first-order valence-corrected chi connectivity index (χ1v) is 6.94. The zero-order valence-electron chi connectivity index (χ0n) is 12.8. The number of ether oxygens (including phenoxy) is 1. The fourth-order valence-electron chi connectivity index (χ4n) is 1.92. The molecule has 0 aliphatic rings. The lowest BCUT2D eigenvalue weighted by atomic mass is 10.1. The van der Waals surface area contributed by atoms with E-state index in [4.69, 9.17) is 4.74 Å². The molecule has 0 saturated carbocycles. The Morgan fingerprint density at radius 3 is 2.82 bits per heavy atom. The molecule has 0 unspecified atom stereocenters. The molecule has 0 fully saturated rings. The SMILES string of the molecule is CCOC(=O)Cn1ncc(NC(=O)c2cc(C)ccc2C)n1. The van der Waals surface area contributed by atoms with Gasteiger partial charge in [-0.05, 0) is 32.4 Å². The third-order valence-electron chi connectivity index (χ3n) is 2.99. The number of benzene rings is 1. The van der Waals surface area contributed by atoms with Gasteiger partial charge in [0, 0.05) is 5.56 Å². The van der Waals surface area contributed by atoms with Gasteiger partial charge in [0.05, 0.1) is 12.8 Å². The summed E-state index contributed by atoms with van der Waals surface area (Å²) in [5.74, 6) is -0.398. The minimum atomic E-state index is -0.425. The van der Waals surface area contributed by atoms with E-state index < -0.39 is 5.97 Å². The predicted molar refractivity (Wildman–Crippen MR) is 80.5 cm³/mol. The van der Waals surface area contributed by atoms with Crippen LogP contribution in [0.5, 0.6) is 0 Å². The van der Waals surface area contributed by atoms with Crippen LogP contribution in [0.1, 0.15) is 28.4 Å². The molecule has 2 rings (SSSR count). The van der Waals surface area contributed by atoms with E-state index in [9.17, 15) is 9.59 Å². The molecule has 0 atom stereocenters. The van der Waals surface area contributed by atoms with E-state index in [0.29, 0.717) is 12.2 Å². The quantitative estimate of drug-likeness (QED) is 0.850. The number of aromatic nitrogens is 3. The van der Waals surface area contributed by atoms with Crippen molar-refractivity contribution in [2.45, 2.75) is 27.3 Å². The van der Waals surface area contributed by atoms with E-state index in [-0.39, 0.29) is 18.3 Å². The monoisotopic (exact) mass is 302 g/mol. The van der Waals surface area contributed by atoms with E-state index >= 15 is 0 Å². The highest BCUT2D eigenvalue weighted by molar-refractivity contribution is 6.04. The Balaban J connectivity index is 2.05. The summed E-state index contributed by atoms with van der Waals surface area (Å²) in [5.41, 5.74) is 2.46. The van der Waals surface area contributed by atoms with Crippen LogP contribution < -0.4 is 5.32 Å². The fraction of sp³-hybridized carbons (Fsp3) is 0.333. The Labute approximate surface area is 128 Å². The molecule has 1 aromatic heterocycles. The first-order valence-electron chi connectivity index (χ1n) is 6.94. The Morgan fingerprint density at radius 2 is 2.09 bits per heavy atom. The third-order valence-corrected chi connectivity index (χ3v) is 2.99. The van der Waals surface area contributed by atoms with Crippen LogP contribution in [0, 0.1) is 13.8 Å². The van der Waals surface area contributed by atoms with Crippen LogP contribution in [-0.2, 0) is 16.1 Å². The maximum Gasteiger partial charge on any atom is 0.329 e. The summed E-state index contributed by atoms with van der Waals surface area (Å²) in [7, 11) is 0. The molecule has 1 heterocycles. The van der Waals surface area contributed by atoms with Crippen LogP contribution >= 0.6 is 0 Å². The average Bonchev–Trinajstić information content (AvgIpc) is 2.88. The lowest BCUT2D eigenvalue weighted by Gasteiger charge is -2.06. The van der Waals surface area contributed by atoms with Crippen LogP contribution in [0.25, 0.3) is 0 Å². The Kier molecular flexibility index (Phi) is 4.88. The molecule has 7 nitrogen and oxygen atoms in total. The number of nitrogens with zero attached hydrogens (tertiary/aromatic N) is 3. The van der Waals surface area contributed by atoms with E-state index in [2.05, 4.69) is 15.5 Å². The lowest BCUT2D eigenvalue weighted by molar-refractivity contribution is -0.144. The van der Waals surface area contributed by atoms with Crippen molar-refractivity contribution in [2.24, 2.45) is 0 Å². The van der Waals surface area contributed by atoms with Gasteiger partial charge in [-0.1, -0.05) is 17.7 Å². The van der Waals surface area contributed by atoms with Crippen molar-refractivity contribution in [3.8, 4) is 0 Å². The minimum Gasteiger partial charge on any atom is -0.465 e. The van der Waals surface area contributed by atoms with Gasteiger partial charge >= 0.3 is 5.97 Å². The van der Waals surface area contributed by atoms with Crippen LogP contribution in [0.4, 0.5) is 5.82 Å². The zero-order valence-corrected chi connectivity index (χ0v) is 12.8. The highest BCUT2D eigenvalue weighted by atomic mass is 16.5. The summed E-state index contributed by atoms with van der Waals surface area (Å²) in [4.78, 5) is 24.8. The summed E-state index contributed by atoms with van der Waals surface area (Å²) >= 11 is 0. The van der Waals surface area contributed by atoms with Crippen molar-refractivity contribution in [2.75, 3.05) is 11.9 Å². The maximum absolute atomic E-state index is 12.2. The first kappa shape index (κ1) is 15.7. The molecule has 1 amide bonds. The van der Waals surface area contributed by atoms with Gasteiger partial charge in [-0.3, -0.25) is 4.79 Å². The Bertz CT molecular complexity index is 694. The fourth-order valence-corrected chi connectivity index (χ4v) is 1.92. The van der Waals surface area contributed by atoms with Gasteiger partial charge < -0.3 is 10.1 Å². The molecule has 1 aromatic carbocycles. The van der Waals surface area contributed by atoms with Crippen LogP contribution in [0.2, 0.25) is 0 Å². The highest BCUT2D eigenvalue weighted by Gasteiger charge is 2.12. The van der Waals surface area contributed by atoms with Gasteiger partial charge in [-0.15, -0.1) is 5.10 Å².